The van der Waals surface area contributed by atoms with Crippen LogP contribution in [0.3, 0.4) is 0 Å². The summed E-state index contributed by atoms with van der Waals surface area (Å²) in [5.41, 5.74) is 0.614. The molecule has 1 fully saturated rings. The van der Waals surface area contributed by atoms with Gasteiger partial charge in [-0.05, 0) is 43.5 Å². The van der Waals surface area contributed by atoms with Crippen LogP contribution in [0.1, 0.15) is 12.0 Å². The van der Waals surface area contributed by atoms with E-state index < -0.39 is 0 Å². The fourth-order valence-corrected chi connectivity index (χ4v) is 2.10. The second-order valence-electron chi connectivity index (χ2n) is 4.18. The molecule has 1 aliphatic heterocycles. The Morgan fingerprint density at radius 2 is 2.38 bits per heavy atom. The van der Waals surface area contributed by atoms with Gasteiger partial charge in [0, 0.05) is 6.07 Å². The number of rotatable bonds is 3. The lowest BCUT2D eigenvalue weighted by atomic mass is 9.98. The molecule has 2 rings (SSSR count). The Labute approximate surface area is 94.2 Å². The number of phenolic OH excluding ortho intramolecular Hbond substituents is 1. The summed E-state index contributed by atoms with van der Waals surface area (Å²) in [4.78, 5) is 0. The molecule has 2 N–H and O–H groups in total. The van der Waals surface area contributed by atoms with Gasteiger partial charge in [0.1, 0.15) is 5.82 Å². The van der Waals surface area contributed by atoms with Crippen LogP contribution in [0.15, 0.2) is 12.1 Å². The fraction of sp³-hybridized carbons (Fsp3) is 0.500. The number of methoxy groups -OCH3 is 1. The quantitative estimate of drug-likeness (QED) is 0.822. The van der Waals surface area contributed by atoms with Gasteiger partial charge in [-0.1, -0.05) is 0 Å². The minimum Gasteiger partial charge on any atom is -0.504 e. The fourth-order valence-electron chi connectivity index (χ4n) is 2.10. The number of nitrogens with one attached hydrogen (secondary N) is 1. The van der Waals surface area contributed by atoms with Gasteiger partial charge in [-0.25, -0.2) is 4.39 Å². The number of hydrogen-bond acceptors (Lipinski definition) is 3. The molecule has 16 heavy (non-hydrogen) atoms. The highest BCUT2D eigenvalue weighted by atomic mass is 19.1. The first-order valence-corrected chi connectivity index (χ1v) is 5.47. The third kappa shape index (κ3) is 2.27. The van der Waals surface area contributed by atoms with E-state index in [-0.39, 0.29) is 11.6 Å². The van der Waals surface area contributed by atoms with Crippen LogP contribution in [0.25, 0.3) is 0 Å². The summed E-state index contributed by atoms with van der Waals surface area (Å²) in [6, 6.07) is 2.71. The highest BCUT2D eigenvalue weighted by Gasteiger charge is 2.18. The van der Waals surface area contributed by atoms with Gasteiger partial charge in [-0.2, -0.15) is 0 Å². The summed E-state index contributed by atoms with van der Waals surface area (Å²) < 4.78 is 18.6. The van der Waals surface area contributed by atoms with E-state index in [1.54, 1.807) is 6.07 Å². The van der Waals surface area contributed by atoms with E-state index in [9.17, 15) is 9.50 Å². The van der Waals surface area contributed by atoms with Gasteiger partial charge in [0.05, 0.1) is 7.11 Å². The van der Waals surface area contributed by atoms with Crippen molar-refractivity contribution in [3.8, 4) is 11.5 Å². The van der Waals surface area contributed by atoms with E-state index in [2.05, 4.69) is 5.32 Å². The number of hydrogen-bond donors (Lipinski definition) is 2. The normalized spacial score (nSPS) is 20.0. The van der Waals surface area contributed by atoms with Crippen LogP contribution in [0, 0.1) is 11.7 Å². The van der Waals surface area contributed by atoms with Crippen LogP contribution in [0.4, 0.5) is 4.39 Å². The molecular weight excluding hydrogens is 209 g/mol. The zero-order valence-electron chi connectivity index (χ0n) is 9.29. The highest BCUT2D eigenvalue weighted by Crippen LogP contribution is 2.30. The molecule has 1 heterocycles. The molecule has 0 amide bonds. The van der Waals surface area contributed by atoms with Crippen LogP contribution in [-0.2, 0) is 6.42 Å². The van der Waals surface area contributed by atoms with Crippen molar-refractivity contribution in [3.63, 3.8) is 0 Å². The van der Waals surface area contributed by atoms with Crippen molar-refractivity contribution in [3.05, 3.63) is 23.5 Å². The lowest BCUT2D eigenvalue weighted by molar-refractivity contribution is 0.369. The molecule has 1 atom stereocenters. The van der Waals surface area contributed by atoms with Gasteiger partial charge in [0.15, 0.2) is 11.5 Å². The Kier molecular flexibility index (Phi) is 3.29. The first-order valence-electron chi connectivity index (χ1n) is 5.47. The van der Waals surface area contributed by atoms with Crippen LogP contribution < -0.4 is 10.1 Å². The Morgan fingerprint density at radius 1 is 1.56 bits per heavy atom. The first-order chi connectivity index (χ1) is 7.70. The van der Waals surface area contributed by atoms with E-state index >= 15 is 0 Å². The Morgan fingerprint density at radius 3 is 3.00 bits per heavy atom. The maximum absolute atomic E-state index is 13.6. The number of benzene rings is 1. The maximum Gasteiger partial charge on any atom is 0.160 e. The van der Waals surface area contributed by atoms with E-state index in [0.717, 1.165) is 25.6 Å². The minimum absolute atomic E-state index is 0.145. The van der Waals surface area contributed by atoms with Crippen molar-refractivity contribution in [2.45, 2.75) is 12.8 Å². The molecular formula is C12H16FNO2. The molecule has 0 aliphatic carbocycles. The summed E-state index contributed by atoms with van der Waals surface area (Å²) in [6.07, 6.45) is 1.76. The SMILES string of the molecule is COc1cc(CC2CCNC2)c(F)cc1O. The lowest BCUT2D eigenvalue weighted by Gasteiger charge is -2.11. The van der Waals surface area contributed by atoms with E-state index in [1.807, 2.05) is 0 Å². The number of phenols is 1. The monoisotopic (exact) mass is 225 g/mol. The molecule has 1 unspecified atom stereocenters. The summed E-state index contributed by atoms with van der Waals surface area (Å²) in [6.45, 7) is 1.93. The second kappa shape index (κ2) is 4.70. The summed E-state index contributed by atoms with van der Waals surface area (Å²) in [5.74, 6) is 0.310. The Balaban J connectivity index is 2.18. The number of halogens is 1. The summed E-state index contributed by atoms with van der Waals surface area (Å²) in [7, 11) is 1.47. The van der Waals surface area contributed by atoms with Gasteiger partial charge in [0.25, 0.3) is 0 Å². The molecule has 0 saturated carbocycles. The molecule has 0 spiro atoms. The average Bonchev–Trinajstić information content (AvgIpc) is 2.75. The van der Waals surface area contributed by atoms with Crippen molar-refractivity contribution in [1.82, 2.24) is 5.32 Å². The molecule has 4 heteroatoms. The molecule has 1 aliphatic rings. The van der Waals surface area contributed by atoms with Crippen LogP contribution in [0.5, 0.6) is 11.5 Å². The van der Waals surface area contributed by atoms with E-state index in [0.29, 0.717) is 23.7 Å². The first kappa shape index (κ1) is 11.2. The minimum atomic E-state index is -0.356. The van der Waals surface area contributed by atoms with Crippen molar-refractivity contribution in [1.29, 1.82) is 0 Å². The molecule has 1 saturated heterocycles. The van der Waals surface area contributed by atoms with Crippen molar-refractivity contribution < 1.29 is 14.2 Å². The largest absolute Gasteiger partial charge is 0.504 e. The van der Waals surface area contributed by atoms with Gasteiger partial charge >= 0.3 is 0 Å². The van der Waals surface area contributed by atoms with Crippen LogP contribution in [0.2, 0.25) is 0 Å². The third-order valence-corrected chi connectivity index (χ3v) is 3.02. The van der Waals surface area contributed by atoms with Gasteiger partial charge in [-0.15, -0.1) is 0 Å². The maximum atomic E-state index is 13.6. The van der Waals surface area contributed by atoms with Crippen LogP contribution in [-0.4, -0.2) is 25.3 Å². The standard InChI is InChI=1S/C12H16FNO2/c1-16-12-5-9(10(13)6-11(12)15)4-8-2-3-14-7-8/h5-6,8,14-15H,2-4,7H2,1H3. The van der Waals surface area contributed by atoms with Crippen molar-refractivity contribution in [2.75, 3.05) is 20.2 Å². The lowest BCUT2D eigenvalue weighted by Crippen LogP contribution is -2.11. The Hall–Kier alpha value is -1.29. The molecule has 0 bridgehead atoms. The molecule has 3 nitrogen and oxygen atoms in total. The highest BCUT2D eigenvalue weighted by molar-refractivity contribution is 5.42. The van der Waals surface area contributed by atoms with E-state index in [4.69, 9.17) is 4.74 Å². The smallest absolute Gasteiger partial charge is 0.160 e. The van der Waals surface area contributed by atoms with Crippen molar-refractivity contribution >= 4 is 0 Å². The summed E-state index contributed by atoms with van der Waals surface area (Å²) >= 11 is 0. The van der Waals surface area contributed by atoms with E-state index in [1.165, 1.54) is 7.11 Å². The zero-order chi connectivity index (χ0) is 11.5. The third-order valence-electron chi connectivity index (χ3n) is 3.02. The molecule has 88 valence electrons. The molecule has 1 aromatic carbocycles. The predicted octanol–water partition coefficient (Wildman–Crippen LogP) is 1.69. The molecule has 1 aromatic rings. The molecule has 0 radical (unpaired) electrons. The predicted molar refractivity (Wildman–Crippen MR) is 59.3 cm³/mol. The van der Waals surface area contributed by atoms with Crippen LogP contribution >= 0.6 is 0 Å². The number of aromatic hydroxyl groups is 1. The van der Waals surface area contributed by atoms with Gasteiger partial charge < -0.3 is 15.2 Å². The van der Waals surface area contributed by atoms with Crippen molar-refractivity contribution in [2.24, 2.45) is 5.92 Å². The Bertz CT molecular complexity index is 376. The van der Waals surface area contributed by atoms with Gasteiger partial charge in [0.2, 0.25) is 0 Å². The second-order valence-corrected chi connectivity index (χ2v) is 4.18. The average molecular weight is 225 g/mol. The topological polar surface area (TPSA) is 41.5 Å². The molecule has 0 aromatic heterocycles. The van der Waals surface area contributed by atoms with Gasteiger partial charge in [-0.3, -0.25) is 0 Å². The zero-order valence-corrected chi connectivity index (χ0v) is 9.29. The summed E-state index contributed by atoms with van der Waals surface area (Å²) in [5, 5.41) is 12.6. The number of ether oxygens (including phenoxy) is 1.